The topological polar surface area (TPSA) is 12.0 Å². The lowest BCUT2D eigenvalue weighted by Crippen LogP contribution is -2.13. The molecule has 0 radical (unpaired) electrons. The van der Waals surface area contributed by atoms with E-state index in [2.05, 4.69) is 5.32 Å². The van der Waals surface area contributed by atoms with Crippen LogP contribution in [0.3, 0.4) is 0 Å². The van der Waals surface area contributed by atoms with Gasteiger partial charge in [-0.2, -0.15) is 0 Å². The van der Waals surface area contributed by atoms with E-state index in [0.29, 0.717) is 0 Å². The predicted octanol–water partition coefficient (Wildman–Crippen LogP) is -0.241. The highest BCUT2D eigenvalue weighted by atomic mass is 32.1. The van der Waals surface area contributed by atoms with Crippen LogP contribution in [-0.2, 0) is 11.4 Å². The molecular weight excluding hydrogens is 114 g/mol. The molecule has 0 saturated heterocycles. The van der Waals surface area contributed by atoms with Crippen LogP contribution < -0.4 is 5.32 Å². The largest absolute Gasteiger partial charge is 0.323 e. The van der Waals surface area contributed by atoms with Crippen molar-refractivity contribution in [1.29, 1.82) is 0 Å². The first-order chi connectivity index (χ1) is 2.89. The van der Waals surface area contributed by atoms with Crippen LogP contribution in [0.25, 0.3) is 0 Å². The fourth-order valence-electron chi connectivity index (χ4n) is 0.272. The Morgan fingerprint density at radius 3 is 3.00 bits per heavy atom. The number of thiocarbonyl (C=S) groups is 1. The highest BCUT2D eigenvalue weighted by Gasteiger charge is 2.06. The van der Waals surface area contributed by atoms with Crippen molar-refractivity contribution in [3.8, 4) is 0 Å². The van der Waals surface area contributed by atoms with E-state index in [9.17, 15) is 0 Å². The molecule has 1 rings (SSSR count). The molecule has 0 unspecified atom stereocenters. The maximum absolute atomic E-state index is 4.73. The molecule has 0 aromatic heterocycles. The molecular formula is C3H4NS2+. The monoisotopic (exact) mass is 118 g/mol. The van der Waals surface area contributed by atoms with E-state index < -0.39 is 0 Å². The molecule has 6 heavy (non-hydrogen) atoms. The molecule has 1 nitrogen and oxygen atoms in total. The SMILES string of the molecule is S=C1C=[S+]CN1. The first-order valence-corrected chi connectivity index (χ1v) is 3.08. The van der Waals surface area contributed by atoms with E-state index >= 15 is 0 Å². The van der Waals surface area contributed by atoms with Gasteiger partial charge in [-0.15, -0.1) is 0 Å². The molecule has 1 aliphatic rings. The van der Waals surface area contributed by atoms with Crippen LogP contribution >= 0.6 is 12.2 Å². The lowest BCUT2D eigenvalue weighted by molar-refractivity contribution is 1.19. The second kappa shape index (κ2) is 1.62. The van der Waals surface area contributed by atoms with Crippen LogP contribution in [0.1, 0.15) is 0 Å². The fourth-order valence-corrected chi connectivity index (χ4v) is 1.20. The van der Waals surface area contributed by atoms with Crippen LogP contribution in [0.2, 0.25) is 0 Å². The Bertz CT molecular complexity index is 97.0. The van der Waals surface area contributed by atoms with E-state index in [1.165, 1.54) is 0 Å². The van der Waals surface area contributed by atoms with E-state index in [-0.39, 0.29) is 0 Å². The van der Waals surface area contributed by atoms with Gasteiger partial charge in [0, 0.05) is 0 Å². The van der Waals surface area contributed by atoms with E-state index in [1.54, 1.807) is 11.4 Å². The molecule has 0 spiro atoms. The molecule has 0 atom stereocenters. The highest BCUT2D eigenvalue weighted by molar-refractivity contribution is 7.88. The van der Waals surface area contributed by atoms with Crippen molar-refractivity contribution in [2.24, 2.45) is 0 Å². The Labute approximate surface area is 45.7 Å². The number of nitrogens with one attached hydrogen (secondary N) is 1. The van der Waals surface area contributed by atoms with Crippen LogP contribution in [0.5, 0.6) is 0 Å². The third kappa shape index (κ3) is 0.725. The smallest absolute Gasteiger partial charge is 0.247 e. The quantitative estimate of drug-likeness (QED) is 0.348. The molecule has 0 aromatic rings. The summed E-state index contributed by atoms with van der Waals surface area (Å²) in [6, 6.07) is 0. The Hall–Kier alpha value is -0.0200. The third-order valence-electron chi connectivity index (χ3n) is 0.520. The summed E-state index contributed by atoms with van der Waals surface area (Å²) in [7, 11) is 0. The van der Waals surface area contributed by atoms with Gasteiger partial charge in [0.25, 0.3) is 0 Å². The van der Waals surface area contributed by atoms with Crippen molar-refractivity contribution in [3.63, 3.8) is 0 Å². The maximum Gasteiger partial charge on any atom is 0.247 e. The number of rotatable bonds is 0. The van der Waals surface area contributed by atoms with Gasteiger partial charge in [-0.25, -0.2) is 0 Å². The standard InChI is InChI=1S/C3H3NS2/c5-3-1-6-2-4-3/h1H,2H2/p+1. The van der Waals surface area contributed by atoms with Gasteiger partial charge in [-0.3, -0.25) is 0 Å². The second-order valence-electron chi connectivity index (χ2n) is 0.970. The third-order valence-corrected chi connectivity index (χ3v) is 1.64. The number of hydrogen-bond acceptors (Lipinski definition) is 1. The van der Waals surface area contributed by atoms with Gasteiger partial charge in [-0.1, -0.05) is 12.2 Å². The Morgan fingerprint density at radius 2 is 2.83 bits per heavy atom. The minimum Gasteiger partial charge on any atom is -0.323 e. The van der Waals surface area contributed by atoms with Crippen molar-refractivity contribution < 1.29 is 0 Å². The van der Waals surface area contributed by atoms with Gasteiger partial charge in [0.15, 0.2) is 4.99 Å². The second-order valence-corrected chi connectivity index (χ2v) is 2.27. The molecule has 0 saturated carbocycles. The lowest BCUT2D eigenvalue weighted by Gasteiger charge is -1.75. The van der Waals surface area contributed by atoms with Crippen molar-refractivity contribution >= 4 is 33.9 Å². The first-order valence-electron chi connectivity index (χ1n) is 1.62. The predicted molar refractivity (Wildman–Crippen MR) is 34.0 cm³/mol. The summed E-state index contributed by atoms with van der Waals surface area (Å²) in [6.45, 7) is 0. The number of hydrogen-bond donors (Lipinski definition) is 1. The molecule has 1 aliphatic heterocycles. The van der Waals surface area contributed by atoms with Gasteiger partial charge in [0.2, 0.25) is 22.6 Å². The lowest BCUT2D eigenvalue weighted by atomic mass is 10.8. The summed E-state index contributed by atoms with van der Waals surface area (Å²) in [6.07, 6.45) is 0. The molecule has 0 amide bonds. The summed E-state index contributed by atoms with van der Waals surface area (Å²) in [5.74, 6) is 0.957. The van der Waals surface area contributed by atoms with Gasteiger partial charge in [0.1, 0.15) is 0 Å². The summed E-state index contributed by atoms with van der Waals surface area (Å²) < 4.78 is 0. The van der Waals surface area contributed by atoms with Crippen LogP contribution in [0.4, 0.5) is 0 Å². The van der Waals surface area contributed by atoms with Gasteiger partial charge in [0.05, 0.1) is 0 Å². The summed E-state index contributed by atoms with van der Waals surface area (Å²) >= 11 is 6.44. The summed E-state index contributed by atoms with van der Waals surface area (Å²) in [5.41, 5.74) is 0. The maximum atomic E-state index is 4.73. The minimum absolute atomic E-state index is 0.875. The molecule has 0 aliphatic carbocycles. The summed E-state index contributed by atoms with van der Waals surface area (Å²) in [4.78, 5) is 0.875. The Morgan fingerprint density at radius 1 is 2.00 bits per heavy atom. The van der Waals surface area contributed by atoms with Crippen LogP contribution in [-0.4, -0.2) is 16.2 Å². The normalized spacial score (nSPS) is 18.3. The van der Waals surface area contributed by atoms with E-state index in [1.807, 2.05) is 5.37 Å². The molecule has 1 heterocycles. The molecule has 0 fully saturated rings. The van der Waals surface area contributed by atoms with Gasteiger partial charge in [-0.05, 0) is 0 Å². The van der Waals surface area contributed by atoms with Crippen molar-refractivity contribution in [3.05, 3.63) is 0 Å². The molecule has 1 N–H and O–H groups in total. The zero-order chi connectivity index (χ0) is 4.41. The van der Waals surface area contributed by atoms with Crippen molar-refractivity contribution in [2.45, 2.75) is 0 Å². The fraction of sp³-hybridized carbons (Fsp3) is 0.333. The molecule has 32 valence electrons. The Balaban J connectivity index is 2.59. The van der Waals surface area contributed by atoms with E-state index in [4.69, 9.17) is 12.2 Å². The zero-order valence-electron chi connectivity index (χ0n) is 3.10. The first kappa shape index (κ1) is 4.15. The Kier molecular flexibility index (Phi) is 1.12. The van der Waals surface area contributed by atoms with Gasteiger partial charge < -0.3 is 5.32 Å². The van der Waals surface area contributed by atoms with Crippen molar-refractivity contribution in [2.75, 3.05) is 5.88 Å². The van der Waals surface area contributed by atoms with E-state index in [0.717, 1.165) is 10.9 Å². The summed E-state index contributed by atoms with van der Waals surface area (Å²) in [5, 5.41) is 4.90. The van der Waals surface area contributed by atoms with Crippen molar-refractivity contribution in [1.82, 2.24) is 5.32 Å². The zero-order valence-corrected chi connectivity index (χ0v) is 4.73. The minimum atomic E-state index is 0.875. The molecule has 0 bridgehead atoms. The van der Waals surface area contributed by atoms with Gasteiger partial charge >= 0.3 is 0 Å². The average molecular weight is 118 g/mol. The van der Waals surface area contributed by atoms with Crippen LogP contribution in [0, 0.1) is 0 Å². The molecule has 3 heteroatoms. The highest BCUT2D eigenvalue weighted by Crippen LogP contribution is 1.72. The van der Waals surface area contributed by atoms with Crippen LogP contribution in [0.15, 0.2) is 0 Å². The molecule has 0 aromatic carbocycles. The average Bonchev–Trinajstić information content (AvgIpc) is 1.86.